The van der Waals surface area contributed by atoms with E-state index >= 15 is 0 Å². The summed E-state index contributed by atoms with van der Waals surface area (Å²) < 4.78 is 5.89. The van der Waals surface area contributed by atoms with Crippen molar-refractivity contribution < 1.29 is 3.96 Å². The van der Waals surface area contributed by atoms with Crippen LogP contribution in [0.4, 0.5) is 5.82 Å². The number of rotatable bonds is 1. The van der Waals surface area contributed by atoms with E-state index in [1.165, 1.54) is 11.7 Å². The molecule has 0 atom stereocenters. The summed E-state index contributed by atoms with van der Waals surface area (Å²) in [5, 5.41) is 2.99. The van der Waals surface area contributed by atoms with E-state index in [9.17, 15) is 0 Å². The van der Waals surface area contributed by atoms with Gasteiger partial charge in [0.25, 0.3) is 5.82 Å². The molecule has 3 nitrogen and oxygen atoms in total. The van der Waals surface area contributed by atoms with Crippen LogP contribution in [0, 0.1) is 0 Å². The zero-order valence-electron chi connectivity index (χ0n) is 4.88. The van der Waals surface area contributed by atoms with Gasteiger partial charge in [-0.3, -0.25) is 0 Å². The third-order valence-electron chi connectivity index (χ3n) is 0.940. The molecule has 0 unspecified atom stereocenters. The monoisotopic (exact) mass is 130 g/mol. The SMILES string of the molecule is CNc1cns[n+]1C. The Morgan fingerprint density at radius 2 is 2.62 bits per heavy atom. The molecule has 1 aromatic rings. The topological polar surface area (TPSA) is 28.8 Å². The van der Waals surface area contributed by atoms with Crippen LogP contribution in [0.3, 0.4) is 0 Å². The van der Waals surface area contributed by atoms with Gasteiger partial charge in [0.2, 0.25) is 11.7 Å². The van der Waals surface area contributed by atoms with Crippen molar-refractivity contribution in [1.29, 1.82) is 0 Å². The van der Waals surface area contributed by atoms with Crippen LogP contribution in [0.5, 0.6) is 0 Å². The quantitative estimate of drug-likeness (QED) is 0.542. The third kappa shape index (κ3) is 0.790. The fourth-order valence-electron chi connectivity index (χ4n) is 0.491. The number of aryl methyl sites for hydroxylation is 1. The second-order valence-corrected chi connectivity index (χ2v) is 2.37. The highest BCUT2D eigenvalue weighted by Crippen LogP contribution is 1.94. The summed E-state index contributed by atoms with van der Waals surface area (Å²) in [5.41, 5.74) is 0. The summed E-state index contributed by atoms with van der Waals surface area (Å²) in [6, 6.07) is 0. The van der Waals surface area contributed by atoms with Crippen molar-refractivity contribution in [2.24, 2.45) is 7.05 Å². The molecule has 44 valence electrons. The molecule has 0 bridgehead atoms. The summed E-state index contributed by atoms with van der Waals surface area (Å²) in [4.78, 5) is 0. The fraction of sp³-hybridized carbons (Fsp3) is 0.500. The standard InChI is InChI=1S/C4H7N3S/c1-5-4-3-6-8-7(4)2/h3H,1-2H3/p+1. The summed E-state index contributed by atoms with van der Waals surface area (Å²) in [5.74, 6) is 1.05. The van der Waals surface area contributed by atoms with Crippen LogP contribution in [0.2, 0.25) is 0 Å². The highest BCUT2D eigenvalue weighted by molar-refractivity contribution is 6.94. The summed E-state index contributed by atoms with van der Waals surface area (Å²) in [6.07, 6.45) is 1.80. The maximum absolute atomic E-state index is 3.93. The lowest BCUT2D eigenvalue weighted by Gasteiger charge is -1.85. The lowest BCUT2D eigenvalue weighted by molar-refractivity contribution is -0.586. The van der Waals surface area contributed by atoms with Crippen molar-refractivity contribution >= 4 is 17.5 Å². The minimum Gasteiger partial charge on any atom is -0.305 e. The van der Waals surface area contributed by atoms with E-state index in [0.29, 0.717) is 0 Å². The van der Waals surface area contributed by atoms with E-state index in [1.54, 1.807) is 6.20 Å². The molecule has 0 radical (unpaired) electrons. The van der Waals surface area contributed by atoms with Crippen molar-refractivity contribution in [3.8, 4) is 0 Å². The highest BCUT2D eigenvalue weighted by Gasteiger charge is 2.01. The van der Waals surface area contributed by atoms with Gasteiger partial charge in [0.1, 0.15) is 0 Å². The summed E-state index contributed by atoms with van der Waals surface area (Å²) >= 11 is 1.43. The smallest absolute Gasteiger partial charge is 0.268 e. The Morgan fingerprint density at radius 3 is 2.88 bits per heavy atom. The zero-order chi connectivity index (χ0) is 5.98. The zero-order valence-corrected chi connectivity index (χ0v) is 5.70. The maximum Gasteiger partial charge on any atom is 0.268 e. The molecule has 0 saturated carbocycles. The van der Waals surface area contributed by atoms with Crippen LogP contribution in [0.15, 0.2) is 6.20 Å². The van der Waals surface area contributed by atoms with Crippen molar-refractivity contribution in [2.75, 3.05) is 12.4 Å². The molecular formula is C4H8N3S+. The molecule has 0 spiro atoms. The minimum atomic E-state index is 1.05. The van der Waals surface area contributed by atoms with E-state index in [-0.39, 0.29) is 0 Å². The van der Waals surface area contributed by atoms with Gasteiger partial charge in [-0.05, 0) is 4.37 Å². The third-order valence-corrected chi connectivity index (χ3v) is 1.58. The largest absolute Gasteiger partial charge is 0.305 e. The van der Waals surface area contributed by atoms with Gasteiger partial charge in [-0.2, -0.15) is 3.96 Å². The molecular weight excluding hydrogens is 122 g/mol. The average molecular weight is 130 g/mol. The lowest BCUT2D eigenvalue weighted by atomic mass is 10.7. The molecule has 0 aliphatic heterocycles. The van der Waals surface area contributed by atoms with Crippen molar-refractivity contribution in [2.45, 2.75) is 0 Å². The van der Waals surface area contributed by atoms with Crippen LogP contribution in [0.1, 0.15) is 0 Å². The molecule has 0 saturated heterocycles. The summed E-state index contributed by atoms with van der Waals surface area (Å²) in [7, 11) is 3.84. The first-order valence-corrected chi connectivity index (χ1v) is 3.06. The van der Waals surface area contributed by atoms with E-state index < -0.39 is 0 Å². The van der Waals surface area contributed by atoms with Crippen LogP contribution in [-0.2, 0) is 7.05 Å². The molecule has 8 heavy (non-hydrogen) atoms. The Hall–Kier alpha value is -0.640. The number of hydrogen-bond donors (Lipinski definition) is 1. The molecule has 0 aliphatic carbocycles. The maximum atomic E-state index is 3.93. The summed E-state index contributed by atoms with van der Waals surface area (Å²) in [6.45, 7) is 0. The van der Waals surface area contributed by atoms with Gasteiger partial charge >= 0.3 is 0 Å². The van der Waals surface area contributed by atoms with Gasteiger partial charge < -0.3 is 5.32 Å². The number of nitrogens with zero attached hydrogens (tertiary/aromatic N) is 2. The van der Waals surface area contributed by atoms with Crippen LogP contribution in [0.25, 0.3) is 0 Å². The Bertz CT molecular complexity index is 172. The van der Waals surface area contributed by atoms with Crippen molar-refractivity contribution in [1.82, 2.24) is 4.37 Å². The second-order valence-electron chi connectivity index (χ2n) is 1.45. The Morgan fingerprint density at radius 1 is 1.88 bits per heavy atom. The normalized spacial score (nSPS) is 9.25. The van der Waals surface area contributed by atoms with Gasteiger partial charge in [-0.25, -0.2) is 0 Å². The first-order valence-electron chi connectivity index (χ1n) is 2.33. The number of nitrogens with one attached hydrogen (secondary N) is 1. The van der Waals surface area contributed by atoms with Crippen molar-refractivity contribution in [3.05, 3.63) is 6.20 Å². The molecule has 0 aromatic carbocycles. The molecule has 1 N–H and O–H groups in total. The van der Waals surface area contributed by atoms with Crippen molar-refractivity contribution in [3.63, 3.8) is 0 Å². The molecule has 0 amide bonds. The second kappa shape index (κ2) is 2.09. The van der Waals surface area contributed by atoms with E-state index in [2.05, 4.69) is 9.69 Å². The lowest BCUT2D eigenvalue weighted by Crippen LogP contribution is -2.24. The number of anilines is 1. The Balaban J connectivity index is 2.92. The molecule has 0 aliphatic rings. The Kier molecular flexibility index (Phi) is 1.43. The molecule has 1 rings (SSSR count). The fourth-order valence-corrected chi connectivity index (χ4v) is 1.01. The molecule has 0 fully saturated rings. The molecule has 4 heteroatoms. The van der Waals surface area contributed by atoms with Gasteiger partial charge in [0.15, 0.2) is 6.20 Å². The predicted octanol–water partition coefficient (Wildman–Crippen LogP) is 0.00930. The number of aromatic nitrogens is 2. The average Bonchev–Trinajstić information content (AvgIpc) is 2.14. The minimum absolute atomic E-state index is 1.05. The highest BCUT2D eigenvalue weighted by atomic mass is 32.1. The van der Waals surface area contributed by atoms with Crippen LogP contribution >= 0.6 is 11.7 Å². The predicted molar refractivity (Wildman–Crippen MR) is 32.8 cm³/mol. The van der Waals surface area contributed by atoms with Gasteiger partial charge in [0.05, 0.1) is 14.1 Å². The number of hydrogen-bond acceptors (Lipinski definition) is 3. The van der Waals surface area contributed by atoms with Gasteiger partial charge in [-0.15, -0.1) is 0 Å². The first kappa shape index (κ1) is 5.50. The van der Waals surface area contributed by atoms with Gasteiger partial charge in [0, 0.05) is 0 Å². The van der Waals surface area contributed by atoms with E-state index in [1.807, 2.05) is 18.1 Å². The van der Waals surface area contributed by atoms with Gasteiger partial charge in [-0.1, -0.05) is 0 Å². The molecule has 1 aromatic heterocycles. The van der Waals surface area contributed by atoms with Crippen LogP contribution in [-0.4, -0.2) is 11.4 Å². The van der Waals surface area contributed by atoms with Crippen LogP contribution < -0.4 is 9.27 Å². The van der Waals surface area contributed by atoms with E-state index in [4.69, 9.17) is 0 Å². The Labute approximate surface area is 52.3 Å². The molecule has 1 heterocycles. The van der Waals surface area contributed by atoms with E-state index in [0.717, 1.165) is 5.82 Å². The first-order chi connectivity index (χ1) is 3.84.